The summed E-state index contributed by atoms with van der Waals surface area (Å²) < 4.78 is 26.4. The standard InChI is InChI=1S/C28H48B2N4O4/c1-5-25-26(6-2)32-36-30(23-17-11-18-24(30)20-12-19-23)38-34-28(8-4)27(7-3)33-37-29(35-31-25)21-13-9-14-22(29)16-10-15-21/h21-24H,5-20H2,1-4H3/q-2/b31-25+,32-26+,33-27+,34-28+. The molecule has 5 aliphatic heterocycles. The van der Waals surface area contributed by atoms with Gasteiger partial charge >= 0.3 is 13.1 Å². The van der Waals surface area contributed by atoms with E-state index >= 15 is 0 Å². The molecule has 0 saturated carbocycles. The van der Waals surface area contributed by atoms with Crippen LogP contribution in [-0.4, -0.2) is 36.0 Å². The van der Waals surface area contributed by atoms with Crippen molar-refractivity contribution in [3.63, 3.8) is 0 Å². The van der Waals surface area contributed by atoms with E-state index in [1.54, 1.807) is 0 Å². The Morgan fingerprint density at radius 3 is 0.842 bits per heavy atom. The lowest BCUT2D eigenvalue weighted by Crippen LogP contribution is -2.54. The smallest absolute Gasteiger partial charge is 0.394 e. The fourth-order valence-electron chi connectivity index (χ4n) is 8.37. The Morgan fingerprint density at radius 1 is 0.447 bits per heavy atom. The molecule has 0 unspecified atom stereocenters. The molecule has 4 saturated heterocycles. The highest BCUT2D eigenvalue weighted by Gasteiger charge is 2.53. The zero-order valence-electron chi connectivity index (χ0n) is 24.2. The highest BCUT2D eigenvalue weighted by molar-refractivity contribution is 6.72. The summed E-state index contributed by atoms with van der Waals surface area (Å²) in [6.45, 7) is 5.04. The molecule has 38 heavy (non-hydrogen) atoms. The Morgan fingerprint density at radius 2 is 0.658 bits per heavy atom. The molecule has 4 fully saturated rings. The average molecular weight is 526 g/mol. The van der Waals surface area contributed by atoms with Crippen molar-refractivity contribution in [3.8, 4) is 0 Å². The maximum atomic E-state index is 6.61. The third kappa shape index (κ3) is 5.01. The van der Waals surface area contributed by atoms with Crippen LogP contribution in [-0.2, 0) is 19.0 Å². The minimum atomic E-state index is -1.70. The normalized spacial score (nSPS) is 43.3. The largest absolute Gasteiger partial charge is 0.575 e. The molecule has 8 nitrogen and oxygen atoms in total. The monoisotopic (exact) mass is 526 g/mol. The second-order valence-electron chi connectivity index (χ2n) is 12.4. The first-order valence-corrected chi connectivity index (χ1v) is 15.9. The van der Waals surface area contributed by atoms with Gasteiger partial charge in [-0.2, -0.15) is 0 Å². The fraction of sp³-hybridized carbons (Fsp3) is 0.857. The van der Waals surface area contributed by atoms with Crippen LogP contribution in [0.5, 0.6) is 0 Å². The molecule has 5 rings (SSSR count). The van der Waals surface area contributed by atoms with E-state index in [-0.39, 0.29) is 0 Å². The van der Waals surface area contributed by atoms with E-state index in [0.717, 1.165) is 74.2 Å². The van der Waals surface area contributed by atoms with Crippen LogP contribution in [0, 0.1) is 0 Å². The number of hydrogen-bond acceptors (Lipinski definition) is 8. The van der Waals surface area contributed by atoms with E-state index in [9.17, 15) is 0 Å². The average Bonchev–Trinajstić information content (AvgIpc) is 2.91. The minimum absolute atomic E-state index is 0.337. The topological polar surface area (TPSA) is 86.4 Å². The molecule has 0 N–H and O–H groups in total. The van der Waals surface area contributed by atoms with Crippen LogP contribution < -0.4 is 0 Å². The number of hydrogen-bond donors (Lipinski definition) is 0. The second-order valence-corrected chi connectivity index (χ2v) is 12.4. The van der Waals surface area contributed by atoms with E-state index in [0.29, 0.717) is 49.0 Å². The molecule has 0 aromatic rings. The molecular formula is C28H48B2N4O4-2. The van der Waals surface area contributed by atoms with Crippen molar-refractivity contribution in [2.45, 2.75) is 154 Å². The first-order valence-electron chi connectivity index (χ1n) is 15.9. The molecule has 0 aromatic carbocycles. The Kier molecular flexibility index (Phi) is 8.73. The van der Waals surface area contributed by atoms with Crippen LogP contribution in [0.1, 0.15) is 130 Å². The van der Waals surface area contributed by atoms with Crippen LogP contribution in [0.3, 0.4) is 0 Å². The van der Waals surface area contributed by atoms with Crippen LogP contribution in [0.2, 0.25) is 23.3 Å². The number of rotatable bonds is 4. The van der Waals surface area contributed by atoms with E-state index in [4.69, 9.17) is 39.6 Å². The van der Waals surface area contributed by atoms with Gasteiger partial charge in [-0.05, 0) is 25.7 Å². The van der Waals surface area contributed by atoms with Gasteiger partial charge in [-0.15, -0.1) is 20.6 Å². The quantitative estimate of drug-likeness (QED) is 0.345. The summed E-state index contributed by atoms with van der Waals surface area (Å²) in [6, 6.07) is 0. The predicted molar refractivity (Wildman–Crippen MR) is 157 cm³/mol. The number of oxime groups is 4. The summed E-state index contributed by atoms with van der Waals surface area (Å²) in [5.41, 5.74) is 3.34. The Labute approximate surface area is 229 Å². The van der Waals surface area contributed by atoms with Crippen molar-refractivity contribution in [3.05, 3.63) is 0 Å². The molecule has 2 spiro atoms. The molecule has 5 heterocycles. The molecule has 5 aliphatic rings. The maximum Gasteiger partial charge on any atom is 0.394 e. The third-order valence-corrected chi connectivity index (χ3v) is 10.5. The zero-order chi connectivity index (χ0) is 26.6. The van der Waals surface area contributed by atoms with Crippen molar-refractivity contribution in [2.24, 2.45) is 20.6 Å². The van der Waals surface area contributed by atoms with Gasteiger partial charge in [0, 0.05) is 0 Å². The first kappa shape index (κ1) is 27.6. The Hall–Kier alpha value is -1.99. The van der Waals surface area contributed by atoms with Crippen LogP contribution in [0.4, 0.5) is 0 Å². The summed E-state index contributed by atoms with van der Waals surface area (Å²) in [6.07, 6.45) is 16.6. The van der Waals surface area contributed by atoms with Gasteiger partial charge in [0.05, 0.1) is 22.8 Å². The molecular weight excluding hydrogens is 478 g/mol. The summed E-state index contributed by atoms with van der Waals surface area (Å²) in [5, 5.41) is 19.2. The molecule has 212 valence electrons. The predicted octanol–water partition coefficient (Wildman–Crippen LogP) is 8.23. The van der Waals surface area contributed by atoms with Gasteiger partial charge in [-0.3, -0.25) is 0 Å². The van der Waals surface area contributed by atoms with Gasteiger partial charge in [-0.25, -0.2) is 0 Å². The van der Waals surface area contributed by atoms with Crippen molar-refractivity contribution >= 4 is 36.0 Å². The van der Waals surface area contributed by atoms with Crippen LogP contribution in [0.25, 0.3) is 0 Å². The first-order chi connectivity index (χ1) is 18.6. The van der Waals surface area contributed by atoms with E-state index < -0.39 is 13.1 Å². The van der Waals surface area contributed by atoms with Crippen LogP contribution >= 0.6 is 0 Å². The summed E-state index contributed by atoms with van der Waals surface area (Å²) in [5.74, 6) is 1.35. The molecule has 0 aromatic heterocycles. The molecule has 4 bridgehead atoms. The lowest BCUT2D eigenvalue weighted by molar-refractivity contribution is 0.127. The van der Waals surface area contributed by atoms with Gasteiger partial charge in [0.2, 0.25) is 0 Å². The van der Waals surface area contributed by atoms with Gasteiger partial charge < -0.3 is 19.0 Å². The summed E-state index contributed by atoms with van der Waals surface area (Å²) in [4.78, 5) is 0. The van der Waals surface area contributed by atoms with Gasteiger partial charge in [0.25, 0.3) is 0 Å². The molecule has 0 atom stereocenters. The van der Waals surface area contributed by atoms with Crippen molar-refractivity contribution < 1.29 is 19.0 Å². The van der Waals surface area contributed by atoms with Crippen LogP contribution in [0.15, 0.2) is 20.6 Å². The fourth-order valence-corrected chi connectivity index (χ4v) is 8.37. The highest BCUT2D eigenvalue weighted by atomic mass is 16.8. The van der Waals surface area contributed by atoms with Crippen molar-refractivity contribution in [1.82, 2.24) is 0 Å². The minimum Gasteiger partial charge on any atom is -0.575 e. The van der Waals surface area contributed by atoms with Gasteiger partial charge in [0.1, 0.15) is 0 Å². The highest BCUT2D eigenvalue weighted by Crippen LogP contribution is 2.55. The third-order valence-electron chi connectivity index (χ3n) is 10.5. The van der Waals surface area contributed by atoms with E-state index in [1.807, 2.05) is 0 Å². The molecule has 10 heteroatoms. The summed E-state index contributed by atoms with van der Waals surface area (Å²) in [7, 11) is 0. The van der Waals surface area contributed by atoms with Gasteiger partial charge in [-0.1, -0.05) is 128 Å². The molecule has 0 aliphatic carbocycles. The van der Waals surface area contributed by atoms with Gasteiger partial charge in [0.15, 0.2) is 0 Å². The molecule has 0 radical (unpaired) electrons. The Balaban J connectivity index is 1.60. The Bertz CT molecular complexity index is 801. The number of nitrogens with zero attached hydrogens (tertiary/aromatic N) is 4. The zero-order valence-corrected chi connectivity index (χ0v) is 24.2. The van der Waals surface area contributed by atoms with E-state index in [2.05, 4.69) is 27.7 Å². The van der Waals surface area contributed by atoms with E-state index in [1.165, 1.54) is 25.7 Å². The maximum absolute atomic E-state index is 6.61. The SMILES string of the molecule is CCC1=N\O[B-]2(O/N=C(CC)/C(CC)=N/O[B-]3(O\N=C\1CC)C1CCCC3CCC1)C1CCCC2CCC1. The molecule has 0 amide bonds. The van der Waals surface area contributed by atoms with Crippen molar-refractivity contribution in [2.75, 3.05) is 0 Å². The lowest BCUT2D eigenvalue weighted by Gasteiger charge is -2.55. The second kappa shape index (κ2) is 12.0. The lowest BCUT2D eigenvalue weighted by atomic mass is 9.31. The van der Waals surface area contributed by atoms with Crippen molar-refractivity contribution in [1.29, 1.82) is 0 Å². The summed E-state index contributed by atoms with van der Waals surface area (Å²) >= 11 is 0.